The van der Waals surface area contributed by atoms with E-state index in [0.717, 1.165) is 0 Å². The number of benzene rings is 1. The van der Waals surface area contributed by atoms with Gasteiger partial charge < -0.3 is 10.5 Å². The smallest absolute Gasteiger partial charge is 0.252 e. The summed E-state index contributed by atoms with van der Waals surface area (Å²) in [6, 6.07) is 4.09. The topological polar surface area (TPSA) is 120 Å². The molecule has 9 nitrogen and oxygen atoms in total. The van der Waals surface area contributed by atoms with Crippen molar-refractivity contribution in [2.24, 2.45) is 11.7 Å². The normalized spacial score (nSPS) is 15.9. The lowest BCUT2D eigenvalue weighted by atomic mass is 10.0. The number of carbonyl (C=O) groups excluding carboxylic acids is 1. The summed E-state index contributed by atoms with van der Waals surface area (Å²) in [4.78, 5) is 15.3. The molecule has 2 N–H and O–H groups in total. The molecule has 2 aromatic rings. The minimum Gasteiger partial charge on any atom is -0.496 e. The zero-order valence-electron chi connectivity index (χ0n) is 13.0. The molecule has 0 atom stereocenters. The van der Waals surface area contributed by atoms with E-state index in [9.17, 15) is 13.2 Å². The molecule has 2 heterocycles. The van der Waals surface area contributed by atoms with Crippen molar-refractivity contribution < 1.29 is 17.9 Å². The third-order valence-electron chi connectivity index (χ3n) is 3.91. The van der Waals surface area contributed by atoms with Crippen molar-refractivity contribution in [3.63, 3.8) is 0 Å². The van der Waals surface area contributed by atoms with Crippen LogP contribution in [-0.2, 0) is 16.6 Å². The number of carbonyl (C=O) groups is 1. The van der Waals surface area contributed by atoms with Gasteiger partial charge in [-0.1, -0.05) is 0 Å². The van der Waals surface area contributed by atoms with E-state index in [1.165, 1.54) is 35.9 Å². The predicted octanol–water partition coefficient (Wildman–Crippen LogP) is -0.294. The molecule has 1 saturated heterocycles. The van der Waals surface area contributed by atoms with Crippen LogP contribution in [0.1, 0.15) is 10.4 Å². The molecule has 1 aliphatic rings. The highest BCUT2D eigenvalue weighted by Gasteiger charge is 2.37. The first kappa shape index (κ1) is 16.4. The number of ether oxygens (including phenoxy) is 1. The average molecular weight is 351 g/mol. The number of aromatic nitrogens is 3. The SMILES string of the molecule is COc1ccc(S(=O)(=O)N2CC(Cn3cncn3)C2)cc1C(N)=O. The van der Waals surface area contributed by atoms with Crippen molar-refractivity contribution in [1.29, 1.82) is 0 Å². The number of sulfonamides is 1. The molecule has 0 radical (unpaired) electrons. The maximum atomic E-state index is 12.6. The average Bonchev–Trinajstić information content (AvgIpc) is 3.02. The standard InChI is InChI=1S/C14H17N5O4S/c1-23-13-3-2-11(4-12(13)14(15)20)24(21,22)19-6-10(7-19)5-18-9-16-8-17-18/h2-4,8-10H,5-7H2,1H3,(H2,15,20). The summed E-state index contributed by atoms with van der Waals surface area (Å²) in [5.74, 6) is -0.318. The quantitative estimate of drug-likeness (QED) is 0.763. The molecule has 0 spiro atoms. The van der Waals surface area contributed by atoms with Crippen LogP contribution in [0.3, 0.4) is 0 Å². The van der Waals surface area contributed by atoms with Crippen LogP contribution in [0.15, 0.2) is 35.7 Å². The van der Waals surface area contributed by atoms with Crippen molar-refractivity contribution in [3.05, 3.63) is 36.4 Å². The molecule has 1 aromatic carbocycles. The summed E-state index contributed by atoms with van der Waals surface area (Å²) in [6.07, 6.45) is 3.04. The second kappa shape index (κ2) is 6.21. The third kappa shape index (κ3) is 2.97. The molecule has 128 valence electrons. The molecule has 10 heteroatoms. The molecule has 0 aliphatic carbocycles. The van der Waals surface area contributed by atoms with Crippen molar-refractivity contribution in [3.8, 4) is 5.75 Å². The van der Waals surface area contributed by atoms with Crippen molar-refractivity contribution in [2.75, 3.05) is 20.2 Å². The fourth-order valence-electron chi connectivity index (χ4n) is 2.61. The van der Waals surface area contributed by atoms with Crippen LogP contribution in [0.4, 0.5) is 0 Å². The Kier molecular flexibility index (Phi) is 4.24. The summed E-state index contributed by atoms with van der Waals surface area (Å²) >= 11 is 0. The van der Waals surface area contributed by atoms with E-state index in [2.05, 4.69) is 10.1 Å². The van der Waals surface area contributed by atoms with E-state index in [-0.39, 0.29) is 22.1 Å². The first-order chi connectivity index (χ1) is 11.4. The van der Waals surface area contributed by atoms with Gasteiger partial charge in [0.15, 0.2) is 0 Å². The Morgan fingerprint density at radius 2 is 2.17 bits per heavy atom. The summed E-state index contributed by atoms with van der Waals surface area (Å²) in [7, 11) is -2.28. The fraction of sp³-hybridized carbons (Fsp3) is 0.357. The molecular formula is C14H17N5O4S. The van der Waals surface area contributed by atoms with E-state index >= 15 is 0 Å². The van der Waals surface area contributed by atoms with Crippen molar-refractivity contribution in [2.45, 2.75) is 11.4 Å². The van der Waals surface area contributed by atoms with Crippen LogP contribution in [-0.4, -0.2) is 53.6 Å². The van der Waals surface area contributed by atoms with Gasteiger partial charge in [-0.3, -0.25) is 9.48 Å². The highest BCUT2D eigenvalue weighted by Crippen LogP contribution is 2.29. The second-order valence-electron chi connectivity index (χ2n) is 5.53. The lowest BCUT2D eigenvalue weighted by Gasteiger charge is -2.37. The minimum atomic E-state index is -3.67. The second-order valence-corrected chi connectivity index (χ2v) is 7.47. The van der Waals surface area contributed by atoms with Crippen LogP contribution in [0.5, 0.6) is 5.75 Å². The molecule has 0 saturated carbocycles. The predicted molar refractivity (Wildman–Crippen MR) is 83.8 cm³/mol. The molecule has 1 aromatic heterocycles. The van der Waals surface area contributed by atoms with Gasteiger partial charge in [-0.25, -0.2) is 13.4 Å². The van der Waals surface area contributed by atoms with Crippen LogP contribution < -0.4 is 10.5 Å². The number of rotatable bonds is 6. The molecule has 3 rings (SSSR count). The maximum Gasteiger partial charge on any atom is 0.252 e. The molecular weight excluding hydrogens is 334 g/mol. The first-order valence-electron chi connectivity index (χ1n) is 7.22. The zero-order chi connectivity index (χ0) is 17.3. The van der Waals surface area contributed by atoms with Gasteiger partial charge in [0.1, 0.15) is 18.4 Å². The molecule has 24 heavy (non-hydrogen) atoms. The van der Waals surface area contributed by atoms with Gasteiger partial charge in [-0.2, -0.15) is 9.40 Å². The highest BCUT2D eigenvalue weighted by molar-refractivity contribution is 7.89. The summed E-state index contributed by atoms with van der Waals surface area (Å²) in [5.41, 5.74) is 5.32. The summed E-state index contributed by atoms with van der Waals surface area (Å²) in [5, 5.41) is 4.01. The number of hydrogen-bond acceptors (Lipinski definition) is 6. The van der Waals surface area contributed by atoms with E-state index in [4.69, 9.17) is 10.5 Å². The number of methoxy groups -OCH3 is 1. The van der Waals surface area contributed by atoms with Gasteiger partial charge in [0.05, 0.1) is 17.6 Å². The van der Waals surface area contributed by atoms with Gasteiger partial charge in [0, 0.05) is 25.6 Å². The van der Waals surface area contributed by atoms with Crippen LogP contribution >= 0.6 is 0 Å². The largest absolute Gasteiger partial charge is 0.496 e. The van der Waals surface area contributed by atoms with Crippen molar-refractivity contribution in [1.82, 2.24) is 19.1 Å². The van der Waals surface area contributed by atoms with Crippen LogP contribution in [0, 0.1) is 5.92 Å². The van der Waals surface area contributed by atoms with Crippen molar-refractivity contribution >= 4 is 15.9 Å². The Morgan fingerprint density at radius 1 is 1.42 bits per heavy atom. The van der Waals surface area contributed by atoms with E-state index < -0.39 is 15.9 Å². The van der Waals surface area contributed by atoms with E-state index in [1.807, 2.05) is 0 Å². The molecule has 0 bridgehead atoms. The van der Waals surface area contributed by atoms with E-state index in [1.54, 1.807) is 11.0 Å². The number of hydrogen-bond donors (Lipinski definition) is 1. The van der Waals surface area contributed by atoms with Gasteiger partial charge in [-0.05, 0) is 18.2 Å². The number of amides is 1. The molecule has 0 unspecified atom stereocenters. The first-order valence-corrected chi connectivity index (χ1v) is 8.66. The fourth-order valence-corrected chi connectivity index (χ4v) is 4.23. The number of nitrogens with zero attached hydrogens (tertiary/aromatic N) is 4. The molecule has 1 amide bonds. The lowest BCUT2D eigenvalue weighted by Crippen LogP contribution is -2.51. The van der Waals surface area contributed by atoms with Gasteiger partial charge in [0.25, 0.3) is 5.91 Å². The maximum absolute atomic E-state index is 12.6. The Bertz CT molecular complexity index is 844. The van der Waals surface area contributed by atoms with E-state index in [0.29, 0.717) is 19.6 Å². The Hall–Kier alpha value is -2.46. The lowest BCUT2D eigenvalue weighted by molar-refractivity contribution is 0.0997. The minimum absolute atomic E-state index is 0.0244. The molecule has 1 aliphatic heterocycles. The van der Waals surface area contributed by atoms with Gasteiger partial charge >= 0.3 is 0 Å². The molecule has 1 fully saturated rings. The van der Waals surface area contributed by atoms with Gasteiger partial charge in [0.2, 0.25) is 10.0 Å². The monoisotopic (exact) mass is 351 g/mol. The number of primary amides is 1. The zero-order valence-corrected chi connectivity index (χ0v) is 13.8. The van der Waals surface area contributed by atoms with Crippen LogP contribution in [0.2, 0.25) is 0 Å². The van der Waals surface area contributed by atoms with Crippen LogP contribution in [0.25, 0.3) is 0 Å². The summed E-state index contributed by atoms with van der Waals surface area (Å²) in [6.45, 7) is 1.39. The Labute approximate surface area is 139 Å². The highest BCUT2D eigenvalue weighted by atomic mass is 32.2. The number of nitrogens with two attached hydrogens (primary N) is 1. The van der Waals surface area contributed by atoms with Gasteiger partial charge in [-0.15, -0.1) is 0 Å². The Balaban J connectivity index is 1.75. The summed E-state index contributed by atoms with van der Waals surface area (Å²) < 4.78 is 33.3. The third-order valence-corrected chi connectivity index (χ3v) is 5.74. The Morgan fingerprint density at radius 3 is 2.75 bits per heavy atom.